The lowest BCUT2D eigenvalue weighted by Crippen LogP contribution is -2.47. The Morgan fingerprint density at radius 1 is 0.885 bits per heavy atom. The van der Waals surface area contributed by atoms with Crippen LogP contribution in [0.5, 0.6) is 5.75 Å². The van der Waals surface area contributed by atoms with Crippen LogP contribution in [-0.2, 0) is 16.1 Å². The molecule has 2 aliphatic rings. The van der Waals surface area contributed by atoms with E-state index in [9.17, 15) is 14.7 Å². The van der Waals surface area contributed by atoms with Crippen molar-refractivity contribution in [1.29, 1.82) is 0 Å². The Hall–Kier alpha value is -6.54. The predicted molar refractivity (Wildman–Crippen MR) is 235 cm³/mol. The average Bonchev–Trinajstić information content (AvgIpc) is 4.08. The lowest BCUT2D eigenvalue weighted by atomic mass is 9.89. The van der Waals surface area contributed by atoms with Crippen LogP contribution in [0.15, 0.2) is 101 Å². The maximum atomic E-state index is 14.2. The molecule has 2 saturated heterocycles. The predicted octanol–water partition coefficient (Wildman–Crippen LogP) is 8.31. The molecule has 14 heteroatoms. The molecule has 310 valence electrons. The first-order valence-electron chi connectivity index (χ1n) is 20.9. The summed E-state index contributed by atoms with van der Waals surface area (Å²) in [5.74, 6) is 0.687. The third kappa shape index (κ3) is 8.32. The molecule has 0 radical (unpaired) electrons. The van der Waals surface area contributed by atoms with Gasteiger partial charge in [-0.3, -0.25) is 9.59 Å². The van der Waals surface area contributed by atoms with Crippen LogP contribution < -0.4 is 10.2 Å². The fraction of sp³-hybridized carbons (Fsp3) is 0.319. The monoisotopic (exact) mass is 833 g/mol. The number of nitrogens with one attached hydrogen (secondary N) is 1. The molecule has 9 rings (SSSR count). The molecule has 0 spiro atoms. The van der Waals surface area contributed by atoms with Crippen molar-refractivity contribution in [2.45, 2.75) is 70.9 Å². The number of carbonyl (C=O) groups is 2. The Morgan fingerprint density at radius 2 is 1.67 bits per heavy atom. The molecule has 0 aliphatic carbocycles. The van der Waals surface area contributed by atoms with Crippen LogP contribution in [0.4, 0.5) is 5.95 Å². The van der Waals surface area contributed by atoms with E-state index in [4.69, 9.17) is 14.5 Å². The maximum absolute atomic E-state index is 14.2. The van der Waals surface area contributed by atoms with Gasteiger partial charge in [0, 0.05) is 61.2 Å². The zero-order chi connectivity index (χ0) is 42.0. The smallest absolute Gasteiger partial charge is 0.243 e. The minimum absolute atomic E-state index is 0.0923. The molecule has 4 aromatic heterocycles. The number of thiazole rings is 1. The minimum Gasteiger partial charge on any atom is -0.507 e. The highest BCUT2D eigenvalue weighted by atomic mass is 32.1. The fourth-order valence-electron chi connectivity index (χ4n) is 8.61. The van der Waals surface area contributed by atoms with Crippen LogP contribution in [0.2, 0.25) is 0 Å². The van der Waals surface area contributed by atoms with Crippen LogP contribution >= 0.6 is 11.3 Å². The fourth-order valence-corrected chi connectivity index (χ4v) is 9.42. The van der Waals surface area contributed by atoms with Gasteiger partial charge in [0.05, 0.1) is 27.3 Å². The number of aryl methyl sites for hydroxylation is 1. The highest BCUT2D eigenvalue weighted by Gasteiger charge is 2.40. The quantitative estimate of drug-likeness (QED) is 0.129. The first-order valence-corrected chi connectivity index (χ1v) is 21.8. The topological polar surface area (TPSA) is 163 Å². The Balaban J connectivity index is 0.803. The van der Waals surface area contributed by atoms with Crippen molar-refractivity contribution in [2.24, 2.45) is 5.92 Å². The third-order valence-electron chi connectivity index (χ3n) is 12.0. The van der Waals surface area contributed by atoms with Gasteiger partial charge in [-0.1, -0.05) is 67.5 Å². The summed E-state index contributed by atoms with van der Waals surface area (Å²) in [7, 11) is 0. The number of hydrogen-bond acceptors (Lipinski definition) is 12. The van der Waals surface area contributed by atoms with Crippen molar-refractivity contribution in [3.8, 4) is 38.7 Å². The van der Waals surface area contributed by atoms with Gasteiger partial charge in [-0.25, -0.2) is 15.0 Å². The highest BCUT2D eigenvalue weighted by Crippen LogP contribution is 2.35. The number of anilines is 1. The van der Waals surface area contributed by atoms with Crippen LogP contribution in [-0.4, -0.2) is 77.8 Å². The molecule has 2 atom stereocenters. The molecule has 2 aliphatic heterocycles. The number of para-hydroxylation sites is 1. The number of phenolic OH excluding ortho intramolecular Hbond substituents is 1. The normalized spacial score (nSPS) is 16.4. The molecule has 0 bridgehead atoms. The first-order chi connectivity index (χ1) is 29.7. The van der Waals surface area contributed by atoms with Gasteiger partial charge < -0.3 is 24.7 Å². The van der Waals surface area contributed by atoms with Gasteiger partial charge in [0.25, 0.3) is 0 Å². The molecule has 2 fully saturated rings. The zero-order valence-electron chi connectivity index (χ0n) is 34.4. The Labute approximate surface area is 357 Å². The summed E-state index contributed by atoms with van der Waals surface area (Å²) in [6.45, 7) is 8.47. The number of carbonyl (C=O) groups excluding carboxylic acids is 2. The summed E-state index contributed by atoms with van der Waals surface area (Å²) in [5, 5.41) is 27.5. The van der Waals surface area contributed by atoms with Crippen molar-refractivity contribution in [1.82, 2.24) is 40.5 Å². The van der Waals surface area contributed by atoms with Crippen molar-refractivity contribution in [3.05, 3.63) is 119 Å². The number of amides is 2. The van der Waals surface area contributed by atoms with Gasteiger partial charge >= 0.3 is 0 Å². The number of aromatic hydroxyl groups is 1. The largest absolute Gasteiger partial charge is 0.507 e. The van der Waals surface area contributed by atoms with Gasteiger partial charge in [0.15, 0.2) is 0 Å². The third-order valence-corrected chi connectivity index (χ3v) is 13.0. The Bertz CT molecular complexity index is 2670. The van der Waals surface area contributed by atoms with E-state index < -0.39 is 12.0 Å². The number of phenols is 1. The maximum Gasteiger partial charge on any atom is 0.243 e. The van der Waals surface area contributed by atoms with E-state index in [1.165, 1.54) is 5.56 Å². The Kier molecular flexibility index (Phi) is 11.3. The molecule has 3 aromatic carbocycles. The van der Waals surface area contributed by atoms with Crippen LogP contribution in [0.3, 0.4) is 0 Å². The van der Waals surface area contributed by atoms with Crippen LogP contribution in [0.25, 0.3) is 43.9 Å². The van der Waals surface area contributed by atoms with Crippen molar-refractivity contribution >= 4 is 40.0 Å². The van der Waals surface area contributed by atoms with Crippen LogP contribution in [0, 0.1) is 12.8 Å². The molecule has 61 heavy (non-hydrogen) atoms. The molecular formula is C47H47N9O4S. The number of rotatable bonds is 11. The second-order valence-electron chi connectivity index (χ2n) is 16.3. The second kappa shape index (κ2) is 17.2. The van der Waals surface area contributed by atoms with E-state index in [1.54, 1.807) is 46.8 Å². The standard InChI is InChI=1S/C47H47N9O4S/c1-28(2)43(46(59)56-18-6-8-40(56)45(58)48-24-30-10-12-32(13-11-30)44-29(3)51-27-61-44)42-23-38(54-60-42)35-25-49-47(50-26-35)55-19-16-31(17-20-55)33-14-15-34-22-39(53-52-37(34)21-33)36-7-4-5-9-41(36)57/h4-5,7,9-15,21-23,25-28,31,40,43,57H,6,8,16-20,24H2,1-3H3,(H,48,58). The van der Waals surface area contributed by atoms with Crippen molar-refractivity contribution < 1.29 is 19.2 Å². The summed E-state index contributed by atoms with van der Waals surface area (Å²) in [5.41, 5.74) is 9.56. The average molecular weight is 834 g/mol. The number of hydrogen-bond donors (Lipinski definition) is 2. The van der Waals surface area contributed by atoms with Gasteiger partial charge in [0.2, 0.25) is 17.8 Å². The highest BCUT2D eigenvalue weighted by molar-refractivity contribution is 7.13. The zero-order valence-corrected chi connectivity index (χ0v) is 35.2. The van der Waals surface area contributed by atoms with E-state index in [2.05, 4.69) is 60.9 Å². The first kappa shape index (κ1) is 39.9. The number of piperidine rings is 1. The molecule has 13 nitrogen and oxygen atoms in total. The van der Waals surface area contributed by atoms with E-state index in [0.717, 1.165) is 65.0 Å². The molecule has 6 heterocycles. The number of nitrogens with zero attached hydrogens (tertiary/aromatic N) is 8. The summed E-state index contributed by atoms with van der Waals surface area (Å²) in [4.78, 5) is 46.5. The van der Waals surface area contributed by atoms with Gasteiger partial charge in [-0.2, -0.15) is 0 Å². The molecule has 7 aromatic rings. The minimum atomic E-state index is -0.602. The summed E-state index contributed by atoms with van der Waals surface area (Å²) < 4.78 is 5.84. The lowest BCUT2D eigenvalue weighted by Gasteiger charge is -2.32. The number of benzene rings is 3. The van der Waals surface area contributed by atoms with Gasteiger partial charge in [-0.15, -0.1) is 21.5 Å². The number of aromatic nitrogens is 6. The molecular weight excluding hydrogens is 787 g/mol. The summed E-state index contributed by atoms with van der Waals surface area (Å²) in [6.07, 6.45) is 6.75. The number of fused-ring (bicyclic) bond motifs is 1. The second-order valence-corrected chi connectivity index (χ2v) is 17.2. The van der Waals surface area contributed by atoms with Gasteiger partial charge in [-0.05, 0) is 85.4 Å². The van der Waals surface area contributed by atoms with E-state index in [1.807, 2.05) is 56.6 Å². The van der Waals surface area contributed by atoms with Crippen LogP contribution in [0.1, 0.15) is 73.9 Å². The summed E-state index contributed by atoms with van der Waals surface area (Å²) >= 11 is 1.61. The molecule has 0 saturated carbocycles. The Morgan fingerprint density at radius 3 is 2.41 bits per heavy atom. The molecule has 2 unspecified atom stereocenters. The van der Waals surface area contributed by atoms with Crippen molar-refractivity contribution in [3.63, 3.8) is 0 Å². The van der Waals surface area contributed by atoms with E-state index >= 15 is 0 Å². The number of likely N-dealkylation sites (tertiary alicyclic amines) is 1. The van der Waals surface area contributed by atoms with E-state index in [-0.39, 0.29) is 23.5 Å². The van der Waals surface area contributed by atoms with Crippen molar-refractivity contribution in [2.75, 3.05) is 24.5 Å². The molecule has 2 amide bonds. The van der Waals surface area contributed by atoms with E-state index in [0.29, 0.717) is 59.7 Å². The summed E-state index contributed by atoms with van der Waals surface area (Å²) in [6, 6.07) is 24.9. The van der Waals surface area contributed by atoms with Gasteiger partial charge in [0.1, 0.15) is 29.2 Å². The molecule has 2 N–H and O–H groups in total. The lowest BCUT2D eigenvalue weighted by molar-refractivity contribution is -0.140. The SMILES string of the molecule is Cc1ncsc1-c1ccc(CNC(=O)C2CCCN2C(=O)C(c2cc(-c3cnc(N4CCC(c5ccc6cc(-c7ccccc7O)nnc6c5)CC4)nc3)no2)C(C)C)cc1.